The number of halogens is 1. The van der Waals surface area contributed by atoms with Crippen molar-refractivity contribution in [2.75, 3.05) is 5.88 Å². The maximum Gasteiger partial charge on any atom is 0.338 e. The van der Waals surface area contributed by atoms with Crippen LogP contribution in [0.4, 0.5) is 0 Å². The average Bonchev–Trinajstić information content (AvgIpc) is 1.38. The van der Waals surface area contributed by atoms with Gasteiger partial charge in [0.05, 0.1) is 0 Å². The molecule has 0 unspecified atom stereocenters. The van der Waals surface area contributed by atoms with Crippen molar-refractivity contribution in [3.63, 3.8) is 0 Å². The van der Waals surface area contributed by atoms with E-state index in [9.17, 15) is 0 Å². The van der Waals surface area contributed by atoms with Crippen molar-refractivity contribution >= 4 is 17.5 Å². The van der Waals surface area contributed by atoms with Crippen molar-refractivity contribution in [3.05, 3.63) is 0 Å². The summed E-state index contributed by atoms with van der Waals surface area (Å²) >= 11 is 4.92. The average molecular weight is 94.5 g/mol. The van der Waals surface area contributed by atoms with Gasteiger partial charge in [-0.1, -0.05) is 0 Å². The van der Waals surface area contributed by atoms with Crippen LogP contribution in [0.25, 0.3) is 0 Å². The normalized spacial score (nSPS) is 7.40. The summed E-state index contributed by atoms with van der Waals surface area (Å²) in [6.45, 7) is 0. The monoisotopic (exact) mass is 94.0 g/mol. The largest absolute Gasteiger partial charge is 0.582 e. The second kappa shape index (κ2) is 2.03. The van der Waals surface area contributed by atoms with Gasteiger partial charge in [-0.15, -0.1) is 11.6 Å². The molecule has 0 aliphatic carbocycles. The van der Waals surface area contributed by atoms with Gasteiger partial charge in [0.1, 0.15) is 5.88 Å². The van der Waals surface area contributed by atoms with Crippen LogP contribution < -0.4 is 0 Å². The molecule has 0 fully saturated rings. The minimum Gasteiger partial charge on any atom is -0.582 e. The molecular weight excluding hydrogens is 89.5 g/mol. The fourth-order valence-corrected chi connectivity index (χ4v) is 0. The number of hydrogen-bond acceptors (Lipinski definition) is 1. The maximum absolute atomic E-state index is 6.28. The summed E-state index contributed by atoms with van der Waals surface area (Å²) in [6.07, 6.45) is 0. The third-order valence-corrected chi connectivity index (χ3v) is 0.401. The van der Waals surface area contributed by atoms with Crippen molar-refractivity contribution in [3.8, 4) is 0 Å². The highest BCUT2D eigenvalue weighted by Gasteiger charge is 1.84. The molecule has 0 saturated carbocycles. The molecule has 0 aromatic carbocycles. The Labute approximate surface area is 34.9 Å². The number of rotatable bonds is 1. The van der Waals surface area contributed by atoms with Crippen LogP contribution in [0.1, 0.15) is 0 Å². The molecule has 0 amide bonds. The molecule has 3 heteroatoms. The van der Waals surface area contributed by atoms with E-state index in [4.69, 9.17) is 22.1 Å². The fraction of sp³-hybridized carbons (Fsp3) is 0.500. The first-order chi connectivity index (χ1) is 2.27. The maximum atomic E-state index is 6.28. The van der Waals surface area contributed by atoms with Crippen molar-refractivity contribution < 1.29 is 5.11 Å². The molecular formula is C2H5ClNO+. The Balaban J connectivity index is 2.85. The standard InChI is InChI=1S/C2H4ClNO/c3-1-2(4)5/h1H2,(H2,4,5)/p+1. The van der Waals surface area contributed by atoms with Gasteiger partial charge < -0.3 is 5.11 Å². The lowest BCUT2D eigenvalue weighted by atomic mass is 10.8. The van der Waals surface area contributed by atoms with Crippen LogP contribution in [0.15, 0.2) is 0 Å². The second-order valence-corrected chi connectivity index (χ2v) is 0.879. The smallest absolute Gasteiger partial charge is 0.338 e. The van der Waals surface area contributed by atoms with E-state index in [1.165, 1.54) is 0 Å². The van der Waals surface area contributed by atoms with Gasteiger partial charge in [0.25, 0.3) is 0 Å². The summed E-state index contributed by atoms with van der Waals surface area (Å²) < 4.78 is 0. The van der Waals surface area contributed by atoms with Crippen molar-refractivity contribution in [2.45, 2.75) is 0 Å². The third kappa shape index (κ3) is 3.76. The molecule has 0 aliphatic heterocycles. The van der Waals surface area contributed by atoms with Gasteiger partial charge in [-0.3, -0.25) is 0 Å². The molecule has 0 bridgehead atoms. The quantitative estimate of drug-likeness (QED) is 0.205. The highest BCUT2D eigenvalue weighted by molar-refractivity contribution is 6.26. The highest BCUT2D eigenvalue weighted by atomic mass is 35.5. The second-order valence-electron chi connectivity index (χ2n) is 0.612. The van der Waals surface area contributed by atoms with Gasteiger partial charge in [-0.25, -0.2) is 5.41 Å². The lowest BCUT2D eigenvalue weighted by Gasteiger charge is -1.70. The molecule has 3 N–H and O–H groups in total. The Morgan fingerprint density at radius 1 is 2.00 bits per heavy atom. The molecule has 0 spiro atoms. The van der Waals surface area contributed by atoms with E-state index in [1.807, 2.05) is 0 Å². The SMILES string of the molecule is N=C([OH2+])CCl. The first kappa shape index (κ1) is 4.76. The van der Waals surface area contributed by atoms with Crippen LogP contribution in [0.2, 0.25) is 0 Å². The van der Waals surface area contributed by atoms with Gasteiger partial charge in [0, 0.05) is 0 Å². The Bertz CT molecular complexity index is 44.9. The van der Waals surface area contributed by atoms with E-state index in [2.05, 4.69) is 0 Å². The third-order valence-electron chi connectivity index (χ3n) is 0.134. The zero-order chi connectivity index (χ0) is 4.28. The van der Waals surface area contributed by atoms with Crippen molar-refractivity contribution in [2.24, 2.45) is 0 Å². The number of hydrogen-bond donors (Lipinski definition) is 1. The number of nitrogens with one attached hydrogen (secondary N) is 1. The highest BCUT2D eigenvalue weighted by Crippen LogP contribution is 1.68. The van der Waals surface area contributed by atoms with Crippen LogP contribution in [0, 0.1) is 5.41 Å². The van der Waals surface area contributed by atoms with Crippen molar-refractivity contribution in [1.29, 1.82) is 5.41 Å². The Morgan fingerprint density at radius 2 is 2.20 bits per heavy atom. The summed E-state index contributed by atoms with van der Waals surface area (Å²) in [6, 6.07) is 0. The van der Waals surface area contributed by atoms with Crippen LogP contribution in [-0.2, 0) is 0 Å². The van der Waals surface area contributed by atoms with Gasteiger partial charge in [-0.2, -0.15) is 0 Å². The topological polar surface area (TPSA) is 46.8 Å². The van der Waals surface area contributed by atoms with Crippen LogP contribution in [0.5, 0.6) is 0 Å². The molecule has 0 aromatic heterocycles. The van der Waals surface area contributed by atoms with E-state index in [0.29, 0.717) is 0 Å². The van der Waals surface area contributed by atoms with Crippen LogP contribution >= 0.6 is 11.6 Å². The summed E-state index contributed by atoms with van der Waals surface area (Å²) in [5, 5.41) is 12.6. The van der Waals surface area contributed by atoms with Gasteiger partial charge >= 0.3 is 5.90 Å². The molecule has 0 aliphatic rings. The Morgan fingerprint density at radius 3 is 2.20 bits per heavy atom. The lowest BCUT2D eigenvalue weighted by Crippen LogP contribution is -1.91. The summed E-state index contributed by atoms with van der Waals surface area (Å²) in [5.41, 5.74) is 0. The van der Waals surface area contributed by atoms with Gasteiger partial charge in [-0.05, 0) is 0 Å². The first-order valence-electron chi connectivity index (χ1n) is 1.12. The zero-order valence-electron chi connectivity index (χ0n) is 2.59. The Hall–Kier alpha value is -0.240. The zero-order valence-corrected chi connectivity index (χ0v) is 3.34. The van der Waals surface area contributed by atoms with Crippen molar-refractivity contribution in [1.82, 2.24) is 0 Å². The summed E-state index contributed by atoms with van der Waals surface area (Å²) in [7, 11) is 0. The minimum atomic E-state index is -0.230. The molecule has 30 valence electrons. The predicted molar refractivity (Wildman–Crippen MR) is 22.1 cm³/mol. The molecule has 5 heavy (non-hydrogen) atoms. The fourth-order valence-electron chi connectivity index (χ4n) is 0. The molecule has 0 aromatic rings. The van der Waals surface area contributed by atoms with Crippen LogP contribution in [0.3, 0.4) is 0 Å². The van der Waals surface area contributed by atoms with E-state index >= 15 is 0 Å². The molecule has 0 radical (unpaired) electrons. The molecule has 0 saturated heterocycles. The molecule has 0 heterocycles. The molecule has 0 atom stereocenters. The number of alkyl halides is 1. The Kier molecular flexibility index (Phi) is 1.93. The van der Waals surface area contributed by atoms with Crippen LogP contribution in [-0.4, -0.2) is 16.9 Å². The first-order valence-corrected chi connectivity index (χ1v) is 1.66. The lowest BCUT2D eigenvalue weighted by molar-refractivity contribution is 0.543. The molecule has 0 rings (SSSR count). The predicted octanol–water partition coefficient (Wildman–Crippen LogP) is -0.0729. The summed E-state index contributed by atoms with van der Waals surface area (Å²) in [4.78, 5) is 0. The molecule has 2 nitrogen and oxygen atoms in total. The summed E-state index contributed by atoms with van der Waals surface area (Å²) in [5.74, 6) is -0.202. The minimum absolute atomic E-state index is 0.0278. The van der Waals surface area contributed by atoms with Gasteiger partial charge in [0.15, 0.2) is 0 Å². The van der Waals surface area contributed by atoms with E-state index in [1.54, 1.807) is 0 Å². The van der Waals surface area contributed by atoms with E-state index in [0.717, 1.165) is 0 Å². The van der Waals surface area contributed by atoms with E-state index in [-0.39, 0.29) is 11.8 Å². The van der Waals surface area contributed by atoms with Gasteiger partial charge in [0.2, 0.25) is 0 Å². The van der Waals surface area contributed by atoms with E-state index < -0.39 is 0 Å².